The fraction of sp³-hybridized carbons (Fsp3) is 0.0435. The van der Waals surface area contributed by atoms with Gasteiger partial charge >= 0.3 is 0 Å². The Morgan fingerprint density at radius 3 is 2.50 bits per heavy atom. The molecule has 3 aromatic carbocycles. The van der Waals surface area contributed by atoms with Crippen LogP contribution in [0.5, 0.6) is 0 Å². The Kier molecular flexibility index (Phi) is 7.51. The van der Waals surface area contributed by atoms with E-state index in [1.54, 1.807) is 6.21 Å². The Labute approximate surface area is 206 Å². The van der Waals surface area contributed by atoms with Crippen LogP contribution in [-0.4, -0.2) is 32.6 Å². The van der Waals surface area contributed by atoms with Crippen LogP contribution in [0.2, 0.25) is 0 Å². The first-order valence-corrected chi connectivity index (χ1v) is 12.1. The fourth-order valence-corrected chi connectivity index (χ4v) is 4.31. The summed E-state index contributed by atoms with van der Waals surface area (Å²) in [5.74, 6) is 0.635. The second kappa shape index (κ2) is 10.7. The number of nitrogens with zero attached hydrogens (tertiary/aromatic N) is 4. The van der Waals surface area contributed by atoms with Gasteiger partial charge in [0.2, 0.25) is 0 Å². The SMILES string of the molecule is O=C(CSc1nnc(-c2ccccc2)n1-c1ccc(Br)cc1)NN=Cc1cccc(Br)c1. The average molecular weight is 571 g/mol. The number of aromatic nitrogens is 3. The molecule has 1 amide bonds. The predicted octanol–water partition coefficient (Wildman–Crippen LogP) is 5.70. The molecule has 9 heteroatoms. The minimum Gasteiger partial charge on any atom is -0.272 e. The molecule has 6 nitrogen and oxygen atoms in total. The molecule has 160 valence electrons. The topological polar surface area (TPSA) is 72.2 Å². The number of carbonyl (C=O) groups excluding carboxylic acids is 1. The van der Waals surface area contributed by atoms with Gasteiger partial charge in [0.05, 0.1) is 12.0 Å². The van der Waals surface area contributed by atoms with E-state index < -0.39 is 0 Å². The van der Waals surface area contributed by atoms with Crippen molar-refractivity contribution in [3.05, 3.63) is 93.4 Å². The van der Waals surface area contributed by atoms with E-state index in [0.29, 0.717) is 11.0 Å². The molecule has 0 aliphatic heterocycles. The maximum absolute atomic E-state index is 12.3. The van der Waals surface area contributed by atoms with Crippen LogP contribution in [0.15, 0.2) is 98.1 Å². The van der Waals surface area contributed by atoms with Crippen molar-refractivity contribution < 1.29 is 4.79 Å². The minimum atomic E-state index is -0.229. The van der Waals surface area contributed by atoms with Crippen LogP contribution in [0.4, 0.5) is 0 Å². The molecule has 0 unspecified atom stereocenters. The van der Waals surface area contributed by atoms with Crippen molar-refractivity contribution in [2.45, 2.75) is 5.16 Å². The zero-order chi connectivity index (χ0) is 22.3. The Bertz CT molecular complexity index is 1240. The third kappa shape index (κ3) is 5.73. The monoisotopic (exact) mass is 569 g/mol. The quantitative estimate of drug-likeness (QED) is 0.176. The van der Waals surface area contributed by atoms with Gasteiger partial charge in [-0.05, 0) is 42.0 Å². The largest absolute Gasteiger partial charge is 0.272 e. The summed E-state index contributed by atoms with van der Waals surface area (Å²) in [7, 11) is 0. The highest BCUT2D eigenvalue weighted by atomic mass is 79.9. The Hall–Kier alpha value is -2.75. The number of halogens is 2. The molecule has 0 bridgehead atoms. The first-order valence-electron chi connectivity index (χ1n) is 9.57. The Balaban J connectivity index is 1.50. The summed E-state index contributed by atoms with van der Waals surface area (Å²) in [5, 5.41) is 13.4. The zero-order valence-electron chi connectivity index (χ0n) is 16.7. The van der Waals surface area contributed by atoms with Gasteiger partial charge in [0.1, 0.15) is 0 Å². The van der Waals surface area contributed by atoms with Gasteiger partial charge in [-0.25, -0.2) is 5.43 Å². The van der Waals surface area contributed by atoms with Crippen LogP contribution in [0.3, 0.4) is 0 Å². The van der Waals surface area contributed by atoms with Crippen molar-refractivity contribution in [1.29, 1.82) is 0 Å². The summed E-state index contributed by atoms with van der Waals surface area (Å²) >= 11 is 8.19. The molecule has 0 atom stereocenters. The molecule has 0 saturated heterocycles. The molecular weight excluding hydrogens is 554 g/mol. The molecule has 0 aliphatic carbocycles. The summed E-state index contributed by atoms with van der Waals surface area (Å²) < 4.78 is 3.88. The lowest BCUT2D eigenvalue weighted by Crippen LogP contribution is -2.20. The van der Waals surface area contributed by atoms with Gasteiger partial charge in [-0.3, -0.25) is 9.36 Å². The highest BCUT2D eigenvalue weighted by Gasteiger charge is 2.17. The maximum Gasteiger partial charge on any atom is 0.250 e. The van der Waals surface area contributed by atoms with Gasteiger partial charge in [0.25, 0.3) is 5.91 Å². The average Bonchev–Trinajstić information content (AvgIpc) is 3.23. The van der Waals surface area contributed by atoms with Crippen LogP contribution in [0.1, 0.15) is 5.56 Å². The maximum atomic E-state index is 12.3. The third-order valence-corrected chi connectivity index (χ3v) is 6.28. The molecule has 0 saturated carbocycles. The Morgan fingerprint density at radius 2 is 1.75 bits per heavy atom. The fourth-order valence-electron chi connectivity index (χ4n) is 2.89. The van der Waals surface area contributed by atoms with Crippen LogP contribution in [-0.2, 0) is 4.79 Å². The van der Waals surface area contributed by atoms with Crippen molar-refractivity contribution in [3.8, 4) is 17.1 Å². The lowest BCUT2D eigenvalue weighted by Gasteiger charge is -2.10. The lowest BCUT2D eigenvalue weighted by atomic mass is 10.2. The molecule has 0 aliphatic rings. The molecular formula is C23H17Br2N5OS. The van der Waals surface area contributed by atoms with Gasteiger partial charge in [-0.1, -0.05) is 86.1 Å². The van der Waals surface area contributed by atoms with E-state index in [-0.39, 0.29) is 11.7 Å². The lowest BCUT2D eigenvalue weighted by molar-refractivity contribution is -0.118. The van der Waals surface area contributed by atoms with Crippen molar-refractivity contribution >= 4 is 55.7 Å². The van der Waals surface area contributed by atoms with E-state index in [0.717, 1.165) is 25.8 Å². The highest BCUT2D eigenvalue weighted by Crippen LogP contribution is 2.28. The molecule has 4 rings (SSSR count). The summed E-state index contributed by atoms with van der Waals surface area (Å²) in [6.07, 6.45) is 1.60. The van der Waals surface area contributed by atoms with E-state index in [1.165, 1.54) is 11.8 Å². The number of rotatable bonds is 7. The summed E-state index contributed by atoms with van der Waals surface area (Å²) in [4.78, 5) is 12.3. The number of carbonyl (C=O) groups is 1. The highest BCUT2D eigenvalue weighted by molar-refractivity contribution is 9.10. The smallest absolute Gasteiger partial charge is 0.250 e. The molecule has 4 aromatic rings. The third-order valence-electron chi connectivity index (χ3n) is 4.33. The summed E-state index contributed by atoms with van der Waals surface area (Å²) in [6, 6.07) is 25.4. The molecule has 0 fully saturated rings. The van der Waals surface area contributed by atoms with Crippen LogP contribution < -0.4 is 5.43 Å². The van der Waals surface area contributed by atoms with Crippen molar-refractivity contribution in [2.24, 2.45) is 5.10 Å². The summed E-state index contributed by atoms with van der Waals surface area (Å²) in [5.41, 5.74) is 5.29. The van der Waals surface area contributed by atoms with Gasteiger partial charge in [-0.2, -0.15) is 5.10 Å². The number of hydrazone groups is 1. The zero-order valence-corrected chi connectivity index (χ0v) is 20.6. The second-order valence-electron chi connectivity index (χ2n) is 6.62. The number of benzene rings is 3. The van der Waals surface area contributed by atoms with Crippen LogP contribution in [0.25, 0.3) is 17.1 Å². The Morgan fingerprint density at radius 1 is 0.969 bits per heavy atom. The van der Waals surface area contributed by atoms with Crippen LogP contribution in [0, 0.1) is 0 Å². The number of nitrogens with one attached hydrogen (secondary N) is 1. The van der Waals surface area contributed by atoms with Crippen molar-refractivity contribution in [2.75, 3.05) is 5.75 Å². The predicted molar refractivity (Wildman–Crippen MR) is 135 cm³/mol. The molecule has 0 radical (unpaired) electrons. The van der Waals surface area contributed by atoms with E-state index in [2.05, 4.69) is 52.6 Å². The van der Waals surface area contributed by atoms with E-state index in [4.69, 9.17) is 0 Å². The van der Waals surface area contributed by atoms with E-state index >= 15 is 0 Å². The number of hydrogen-bond acceptors (Lipinski definition) is 5. The first kappa shape index (κ1) is 22.4. The van der Waals surface area contributed by atoms with Gasteiger partial charge < -0.3 is 0 Å². The number of amides is 1. The number of thioether (sulfide) groups is 1. The second-order valence-corrected chi connectivity index (χ2v) is 9.39. The van der Waals surface area contributed by atoms with Gasteiger partial charge in [-0.15, -0.1) is 10.2 Å². The summed E-state index contributed by atoms with van der Waals surface area (Å²) in [6.45, 7) is 0. The normalized spacial score (nSPS) is 11.1. The molecule has 0 spiro atoms. The number of hydrogen-bond donors (Lipinski definition) is 1. The van der Waals surface area contributed by atoms with Gasteiger partial charge in [0, 0.05) is 20.2 Å². The first-order chi connectivity index (χ1) is 15.6. The van der Waals surface area contributed by atoms with E-state index in [9.17, 15) is 4.79 Å². The standard InChI is InChI=1S/C23H17Br2N5OS/c24-18-9-11-20(12-10-18)30-22(17-6-2-1-3-7-17)28-29-23(30)32-15-21(31)27-26-14-16-5-4-8-19(25)13-16/h1-14H,15H2,(H,27,31). The van der Waals surface area contributed by atoms with Crippen molar-refractivity contribution in [1.82, 2.24) is 20.2 Å². The molecule has 1 heterocycles. The minimum absolute atomic E-state index is 0.152. The molecule has 1 N–H and O–H groups in total. The molecule has 32 heavy (non-hydrogen) atoms. The van der Waals surface area contributed by atoms with Crippen molar-refractivity contribution in [3.63, 3.8) is 0 Å². The van der Waals surface area contributed by atoms with Crippen LogP contribution >= 0.6 is 43.6 Å². The molecule has 1 aromatic heterocycles. The van der Waals surface area contributed by atoms with E-state index in [1.807, 2.05) is 83.4 Å². The van der Waals surface area contributed by atoms with Gasteiger partial charge in [0.15, 0.2) is 11.0 Å².